The Labute approximate surface area is 252 Å². The van der Waals surface area contributed by atoms with Gasteiger partial charge >= 0.3 is 0 Å². The van der Waals surface area contributed by atoms with E-state index in [0.29, 0.717) is 27.2 Å². The highest BCUT2D eigenvalue weighted by Gasteiger charge is 2.30. The van der Waals surface area contributed by atoms with Crippen LogP contribution in [0.2, 0.25) is 5.02 Å². The normalized spacial score (nSPS) is 12.0. The molecular weight excluding hydrogens is 606 g/mol. The van der Waals surface area contributed by atoms with Crippen LogP contribution in [0.1, 0.15) is 53.9 Å². The van der Waals surface area contributed by atoms with Crippen LogP contribution in [0.15, 0.2) is 72.0 Å². The van der Waals surface area contributed by atoms with Gasteiger partial charge in [0.05, 0.1) is 29.8 Å². The van der Waals surface area contributed by atoms with Gasteiger partial charge in [-0.2, -0.15) is 8.42 Å². The van der Waals surface area contributed by atoms with Crippen molar-refractivity contribution < 1.29 is 31.3 Å². The highest BCUT2D eigenvalue weighted by molar-refractivity contribution is 7.98. The summed E-state index contributed by atoms with van der Waals surface area (Å²) in [6.45, 7) is 4.04. The van der Waals surface area contributed by atoms with E-state index in [9.17, 15) is 17.6 Å². The van der Waals surface area contributed by atoms with Gasteiger partial charge in [-0.3, -0.25) is 13.9 Å². The number of rotatable bonds is 12. The number of halogens is 3. The summed E-state index contributed by atoms with van der Waals surface area (Å²) in [6.07, 6.45) is 1.53. The van der Waals surface area contributed by atoms with Crippen molar-refractivity contribution in [1.29, 1.82) is 0 Å². The van der Waals surface area contributed by atoms with E-state index in [4.69, 9.17) is 20.9 Å². The largest absolute Gasteiger partial charge is 0.495 e. The maximum atomic E-state index is 15.0. The van der Waals surface area contributed by atoms with Crippen molar-refractivity contribution in [3.05, 3.63) is 106 Å². The summed E-state index contributed by atoms with van der Waals surface area (Å²) in [6, 6.07) is 15.7. The molecular formula is C30H29ClF2N2O5S2. The Hall–Kier alpha value is -3.25. The average Bonchev–Trinajstić information content (AvgIpc) is 3.37. The molecule has 0 aliphatic heterocycles. The number of benzene rings is 3. The Kier molecular flexibility index (Phi) is 9.77. The van der Waals surface area contributed by atoms with Crippen molar-refractivity contribution in [1.82, 2.24) is 9.55 Å². The molecule has 0 fully saturated rings. The van der Waals surface area contributed by atoms with E-state index in [2.05, 4.69) is 4.98 Å². The van der Waals surface area contributed by atoms with Gasteiger partial charge in [-0.1, -0.05) is 55.4 Å². The zero-order valence-electron chi connectivity index (χ0n) is 23.1. The van der Waals surface area contributed by atoms with Crippen molar-refractivity contribution >= 4 is 39.3 Å². The molecule has 0 aliphatic rings. The molecule has 0 aliphatic carbocycles. The molecule has 0 spiro atoms. The standard InChI is InChI=1S/C30H29ClF2N2O5S2/c1-30(2,21-8-13-24(31)27(16-21)40-3)28-17-34-29(35(28)23-11-9-22(32)10-12-23)41-18-20-7-6-19(15-25(20)33)26(36)5-4-14-42(37,38)39/h6-13,15-17H,4-5,14,18H2,1-3H3,(H,37,38,39). The molecule has 0 unspecified atom stereocenters. The molecule has 0 radical (unpaired) electrons. The summed E-state index contributed by atoms with van der Waals surface area (Å²) < 4.78 is 66.7. The summed E-state index contributed by atoms with van der Waals surface area (Å²) in [5, 5.41) is 1.03. The Balaban J connectivity index is 1.62. The molecule has 0 amide bonds. The number of ether oxygens (including phenoxy) is 1. The molecule has 3 aromatic carbocycles. The smallest absolute Gasteiger partial charge is 0.264 e. The molecule has 4 rings (SSSR count). The van der Waals surface area contributed by atoms with Crippen LogP contribution < -0.4 is 4.74 Å². The van der Waals surface area contributed by atoms with Crippen LogP contribution >= 0.6 is 23.4 Å². The molecule has 1 N–H and O–H groups in total. The number of carbonyl (C=O) groups is 1. The number of carbonyl (C=O) groups excluding carboxylic acids is 1. The lowest BCUT2D eigenvalue weighted by atomic mass is 9.81. The number of methoxy groups -OCH3 is 1. The first kappa shape index (κ1) is 31.7. The van der Waals surface area contributed by atoms with Gasteiger partial charge in [-0.25, -0.2) is 13.8 Å². The van der Waals surface area contributed by atoms with Gasteiger partial charge < -0.3 is 4.74 Å². The lowest BCUT2D eigenvalue weighted by Crippen LogP contribution is -2.23. The molecule has 222 valence electrons. The zero-order chi connectivity index (χ0) is 30.7. The lowest BCUT2D eigenvalue weighted by Gasteiger charge is -2.28. The van der Waals surface area contributed by atoms with Crippen LogP contribution in [0, 0.1) is 11.6 Å². The van der Waals surface area contributed by atoms with Gasteiger partial charge in [0.25, 0.3) is 10.1 Å². The number of ketones is 1. The Morgan fingerprint density at radius 2 is 1.81 bits per heavy atom. The van der Waals surface area contributed by atoms with Crippen LogP contribution in [0.5, 0.6) is 5.75 Å². The van der Waals surface area contributed by atoms with Crippen molar-refractivity contribution in [2.75, 3.05) is 12.9 Å². The van der Waals surface area contributed by atoms with Crippen molar-refractivity contribution in [2.24, 2.45) is 0 Å². The first-order valence-corrected chi connectivity index (χ1v) is 15.8. The summed E-state index contributed by atoms with van der Waals surface area (Å²) in [5.74, 6) is -1.21. The van der Waals surface area contributed by atoms with E-state index in [1.807, 2.05) is 30.5 Å². The fourth-order valence-corrected chi connectivity index (χ4v) is 6.14. The van der Waals surface area contributed by atoms with E-state index in [-0.39, 0.29) is 30.0 Å². The fourth-order valence-electron chi connectivity index (χ4n) is 4.45. The van der Waals surface area contributed by atoms with Crippen molar-refractivity contribution in [3.8, 4) is 11.4 Å². The third-order valence-electron chi connectivity index (χ3n) is 6.87. The second kappa shape index (κ2) is 12.9. The third-order valence-corrected chi connectivity index (χ3v) is 8.98. The van der Waals surface area contributed by atoms with E-state index >= 15 is 4.39 Å². The molecule has 1 heterocycles. The number of hydrogen-bond acceptors (Lipinski definition) is 6. The third kappa shape index (κ3) is 7.38. The van der Waals surface area contributed by atoms with Crippen LogP contribution in [0.3, 0.4) is 0 Å². The predicted molar refractivity (Wildman–Crippen MR) is 160 cm³/mol. The second-order valence-electron chi connectivity index (χ2n) is 10.1. The molecule has 12 heteroatoms. The van der Waals surface area contributed by atoms with Gasteiger partial charge in [0.1, 0.15) is 17.4 Å². The molecule has 1 aromatic heterocycles. The van der Waals surface area contributed by atoms with E-state index in [1.165, 1.54) is 36.0 Å². The Bertz CT molecular complexity index is 1710. The van der Waals surface area contributed by atoms with Crippen LogP contribution in [0.4, 0.5) is 8.78 Å². The van der Waals surface area contributed by atoms with Crippen molar-refractivity contribution in [3.63, 3.8) is 0 Å². The monoisotopic (exact) mass is 634 g/mol. The molecule has 4 aromatic rings. The number of nitrogens with zero attached hydrogens (tertiary/aromatic N) is 2. The Morgan fingerprint density at radius 3 is 2.45 bits per heavy atom. The lowest BCUT2D eigenvalue weighted by molar-refractivity contribution is 0.0981. The topological polar surface area (TPSA) is 98.5 Å². The fraction of sp³-hybridized carbons (Fsp3) is 0.267. The van der Waals surface area contributed by atoms with E-state index < -0.39 is 32.9 Å². The van der Waals surface area contributed by atoms with Gasteiger partial charge in [-0.05, 0) is 60.0 Å². The van der Waals surface area contributed by atoms with Crippen LogP contribution in [-0.2, 0) is 21.3 Å². The van der Waals surface area contributed by atoms with Gasteiger partial charge in [0.2, 0.25) is 0 Å². The van der Waals surface area contributed by atoms with Crippen molar-refractivity contribution in [2.45, 2.75) is 43.0 Å². The van der Waals surface area contributed by atoms with Gasteiger partial charge in [-0.15, -0.1) is 0 Å². The Morgan fingerprint density at radius 1 is 1.10 bits per heavy atom. The molecule has 0 saturated heterocycles. The van der Waals surface area contributed by atoms with Crippen LogP contribution in [-0.4, -0.2) is 41.2 Å². The first-order chi connectivity index (χ1) is 19.8. The number of Topliss-reactive ketones (excluding diaryl/α,β-unsaturated/α-hetero) is 1. The molecule has 42 heavy (non-hydrogen) atoms. The number of thioether (sulfide) groups is 1. The van der Waals surface area contributed by atoms with E-state index in [0.717, 1.165) is 17.3 Å². The number of hydrogen-bond donors (Lipinski definition) is 1. The zero-order valence-corrected chi connectivity index (χ0v) is 25.5. The minimum atomic E-state index is -4.17. The minimum absolute atomic E-state index is 0.0651. The molecule has 0 atom stereocenters. The maximum Gasteiger partial charge on any atom is 0.264 e. The first-order valence-electron chi connectivity index (χ1n) is 12.9. The highest BCUT2D eigenvalue weighted by atomic mass is 35.5. The summed E-state index contributed by atoms with van der Waals surface area (Å²) in [5.41, 5.74) is 2.24. The minimum Gasteiger partial charge on any atom is -0.495 e. The average molecular weight is 635 g/mol. The molecule has 0 bridgehead atoms. The predicted octanol–water partition coefficient (Wildman–Crippen LogP) is 7.28. The summed E-state index contributed by atoms with van der Waals surface area (Å²) in [7, 11) is -2.63. The quantitative estimate of drug-likeness (QED) is 0.0993. The van der Waals surface area contributed by atoms with Gasteiger partial charge in [0, 0.05) is 28.8 Å². The number of aromatic nitrogens is 2. The summed E-state index contributed by atoms with van der Waals surface area (Å²) >= 11 is 7.53. The highest BCUT2D eigenvalue weighted by Crippen LogP contribution is 2.39. The molecule has 7 nitrogen and oxygen atoms in total. The maximum absolute atomic E-state index is 15.0. The van der Waals surface area contributed by atoms with E-state index in [1.54, 1.807) is 31.5 Å². The number of imidazole rings is 1. The van der Waals surface area contributed by atoms with Gasteiger partial charge in [0.15, 0.2) is 10.9 Å². The van der Waals surface area contributed by atoms with Crippen LogP contribution in [0.25, 0.3) is 5.69 Å². The summed E-state index contributed by atoms with van der Waals surface area (Å²) in [4.78, 5) is 17.0. The molecule has 0 saturated carbocycles. The SMILES string of the molecule is COc1cc(C(C)(C)c2cnc(SCc3ccc(C(=O)CCCS(=O)(=O)O)cc3F)n2-c2ccc(F)cc2)ccc1Cl. The second-order valence-corrected chi connectivity index (χ2v) is 13.0.